The molecule has 1 aliphatic rings. The van der Waals surface area contributed by atoms with Gasteiger partial charge in [0.15, 0.2) is 11.6 Å². The summed E-state index contributed by atoms with van der Waals surface area (Å²) in [7, 11) is 0. The lowest BCUT2D eigenvalue weighted by molar-refractivity contribution is 0.101. The van der Waals surface area contributed by atoms with Gasteiger partial charge in [0, 0.05) is 24.0 Å². The zero-order valence-electron chi connectivity index (χ0n) is 16.5. The van der Waals surface area contributed by atoms with E-state index in [2.05, 4.69) is 30.8 Å². The number of carbonyl (C=O) groups excluding carboxylic acids is 1. The van der Waals surface area contributed by atoms with Crippen molar-refractivity contribution < 1.29 is 9.18 Å². The Kier molecular flexibility index (Phi) is 5.66. The summed E-state index contributed by atoms with van der Waals surface area (Å²) < 4.78 is 14.2. The summed E-state index contributed by atoms with van der Waals surface area (Å²) in [5.41, 5.74) is 7.24. The molecular weight excluding hydrogens is 387 g/mol. The van der Waals surface area contributed by atoms with E-state index in [1.807, 2.05) is 0 Å². The van der Waals surface area contributed by atoms with Gasteiger partial charge in [-0.15, -0.1) is 4.80 Å². The van der Waals surface area contributed by atoms with E-state index in [9.17, 15) is 9.18 Å². The first-order valence-corrected chi connectivity index (χ1v) is 9.84. The predicted octanol–water partition coefficient (Wildman–Crippen LogP) is 2.82. The molecule has 1 saturated carbocycles. The molecule has 4 rings (SSSR count). The van der Waals surface area contributed by atoms with E-state index < -0.39 is 5.82 Å². The first-order chi connectivity index (χ1) is 14.5. The molecule has 2 atom stereocenters. The number of rotatable bonds is 6. The summed E-state index contributed by atoms with van der Waals surface area (Å²) in [6, 6.07) is 4.52. The average Bonchev–Trinajstić information content (AvgIpc) is 3.26. The second kappa shape index (κ2) is 8.54. The number of hydrogen-bond donors (Lipinski definition) is 3. The second-order valence-corrected chi connectivity index (χ2v) is 7.32. The highest BCUT2D eigenvalue weighted by atomic mass is 19.1. The van der Waals surface area contributed by atoms with Crippen LogP contribution in [-0.4, -0.2) is 42.8 Å². The standard InChI is InChI=1S/C20H23FN8O/c1-12(30)14-11-23-20(27-17-5-3-2-4-16(17)22)28-19(14)26-13-6-7-15(21)18(10-13)29-24-8-9-25-29/h6-11,16-17H,2-5,22H2,1H3,(H2,23,26,27,28)/t16-,17+/m0/s1. The summed E-state index contributed by atoms with van der Waals surface area (Å²) in [6.07, 6.45) is 8.52. The Morgan fingerprint density at radius 1 is 1.23 bits per heavy atom. The highest BCUT2D eigenvalue weighted by Gasteiger charge is 2.23. The van der Waals surface area contributed by atoms with Crippen molar-refractivity contribution in [3.05, 3.63) is 48.2 Å². The molecule has 9 nitrogen and oxygen atoms in total. The lowest BCUT2D eigenvalue weighted by Crippen LogP contribution is -2.43. The van der Waals surface area contributed by atoms with Gasteiger partial charge in [0.2, 0.25) is 5.95 Å². The molecule has 1 aromatic carbocycles. The molecule has 1 fully saturated rings. The van der Waals surface area contributed by atoms with Gasteiger partial charge in [-0.25, -0.2) is 9.37 Å². The quantitative estimate of drug-likeness (QED) is 0.530. The van der Waals surface area contributed by atoms with Crippen molar-refractivity contribution >= 4 is 23.2 Å². The van der Waals surface area contributed by atoms with Gasteiger partial charge in [0.1, 0.15) is 11.5 Å². The average molecular weight is 410 g/mol. The summed E-state index contributed by atoms with van der Waals surface area (Å²) in [5.74, 6) is 0.0608. The third-order valence-corrected chi connectivity index (χ3v) is 5.15. The molecular formula is C20H23FN8O. The van der Waals surface area contributed by atoms with Crippen LogP contribution in [0.3, 0.4) is 0 Å². The van der Waals surface area contributed by atoms with E-state index in [-0.39, 0.29) is 23.6 Å². The summed E-state index contributed by atoms with van der Waals surface area (Å²) >= 11 is 0. The first kappa shape index (κ1) is 19.9. The fourth-order valence-electron chi connectivity index (χ4n) is 3.53. The molecule has 0 amide bonds. The van der Waals surface area contributed by atoms with Crippen LogP contribution in [-0.2, 0) is 0 Å². The van der Waals surface area contributed by atoms with Crippen LogP contribution in [0.2, 0.25) is 0 Å². The zero-order chi connectivity index (χ0) is 21.1. The topological polar surface area (TPSA) is 124 Å². The van der Waals surface area contributed by atoms with E-state index in [0.717, 1.165) is 25.7 Å². The van der Waals surface area contributed by atoms with Gasteiger partial charge in [-0.2, -0.15) is 15.2 Å². The maximum atomic E-state index is 14.2. The van der Waals surface area contributed by atoms with Gasteiger partial charge >= 0.3 is 0 Å². The Labute approximate surface area is 172 Å². The number of anilines is 3. The van der Waals surface area contributed by atoms with Crippen molar-refractivity contribution in [1.82, 2.24) is 25.0 Å². The molecule has 0 unspecified atom stereocenters. The highest BCUT2D eigenvalue weighted by molar-refractivity contribution is 5.99. The van der Waals surface area contributed by atoms with Crippen molar-refractivity contribution in [3.63, 3.8) is 0 Å². The normalized spacial score (nSPS) is 18.8. The monoisotopic (exact) mass is 410 g/mol. The smallest absolute Gasteiger partial charge is 0.224 e. The van der Waals surface area contributed by atoms with Crippen LogP contribution in [0.1, 0.15) is 43.0 Å². The summed E-state index contributed by atoms with van der Waals surface area (Å²) in [4.78, 5) is 22.0. The SMILES string of the molecule is CC(=O)c1cnc(N[C@@H]2CCCC[C@@H]2N)nc1Nc1ccc(F)c(-n2nccn2)c1. The van der Waals surface area contributed by atoms with E-state index in [1.165, 1.54) is 36.4 Å². The number of aromatic nitrogens is 5. The van der Waals surface area contributed by atoms with Gasteiger partial charge in [0.05, 0.1) is 18.0 Å². The Balaban J connectivity index is 1.62. The van der Waals surface area contributed by atoms with Crippen molar-refractivity contribution in [3.8, 4) is 5.69 Å². The third-order valence-electron chi connectivity index (χ3n) is 5.15. The van der Waals surface area contributed by atoms with E-state index in [1.54, 1.807) is 12.1 Å². The van der Waals surface area contributed by atoms with Gasteiger partial charge in [-0.05, 0) is 38.0 Å². The van der Waals surface area contributed by atoms with Crippen LogP contribution in [0.5, 0.6) is 0 Å². The number of benzene rings is 1. The zero-order valence-corrected chi connectivity index (χ0v) is 16.5. The number of carbonyl (C=O) groups is 1. The largest absolute Gasteiger partial charge is 0.350 e. The number of nitrogens with zero attached hydrogens (tertiary/aromatic N) is 5. The van der Waals surface area contributed by atoms with Crippen LogP contribution >= 0.6 is 0 Å². The Morgan fingerprint density at radius 2 is 2.00 bits per heavy atom. The Bertz CT molecular complexity index is 1040. The Hall–Kier alpha value is -3.40. The molecule has 0 bridgehead atoms. The molecule has 0 spiro atoms. The number of nitrogens with one attached hydrogen (secondary N) is 2. The molecule has 2 aromatic heterocycles. The molecule has 2 heterocycles. The summed E-state index contributed by atoms with van der Waals surface area (Å²) in [6.45, 7) is 1.44. The minimum Gasteiger partial charge on any atom is -0.350 e. The predicted molar refractivity (Wildman–Crippen MR) is 110 cm³/mol. The molecule has 1 aliphatic carbocycles. The number of Topliss-reactive ketones (excluding diaryl/α,β-unsaturated/α-hetero) is 1. The third kappa shape index (κ3) is 4.28. The van der Waals surface area contributed by atoms with Crippen LogP contribution in [0.25, 0.3) is 5.69 Å². The molecule has 10 heteroatoms. The molecule has 4 N–H and O–H groups in total. The van der Waals surface area contributed by atoms with Crippen molar-refractivity contribution in [1.29, 1.82) is 0 Å². The van der Waals surface area contributed by atoms with Gasteiger partial charge < -0.3 is 16.4 Å². The molecule has 3 aromatic rings. The highest BCUT2D eigenvalue weighted by Crippen LogP contribution is 2.25. The van der Waals surface area contributed by atoms with E-state index in [4.69, 9.17) is 5.73 Å². The van der Waals surface area contributed by atoms with Crippen LogP contribution < -0.4 is 16.4 Å². The molecule has 0 radical (unpaired) electrons. The van der Waals surface area contributed by atoms with Crippen LogP contribution in [0, 0.1) is 5.82 Å². The fraction of sp³-hybridized carbons (Fsp3) is 0.350. The summed E-state index contributed by atoms with van der Waals surface area (Å²) in [5, 5.41) is 14.3. The number of nitrogens with two attached hydrogens (primary N) is 1. The minimum atomic E-state index is -0.472. The van der Waals surface area contributed by atoms with Crippen LogP contribution in [0.15, 0.2) is 36.8 Å². The number of halogens is 1. The molecule has 156 valence electrons. The van der Waals surface area contributed by atoms with Gasteiger partial charge in [0.25, 0.3) is 0 Å². The van der Waals surface area contributed by atoms with E-state index in [0.29, 0.717) is 23.0 Å². The second-order valence-electron chi connectivity index (χ2n) is 7.32. The molecule has 0 saturated heterocycles. The van der Waals surface area contributed by atoms with Crippen molar-refractivity contribution in [2.24, 2.45) is 5.73 Å². The van der Waals surface area contributed by atoms with E-state index >= 15 is 0 Å². The van der Waals surface area contributed by atoms with Gasteiger partial charge in [-0.1, -0.05) is 12.8 Å². The lowest BCUT2D eigenvalue weighted by Gasteiger charge is -2.29. The maximum absolute atomic E-state index is 14.2. The number of hydrogen-bond acceptors (Lipinski definition) is 8. The van der Waals surface area contributed by atoms with Crippen LogP contribution in [0.4, 0.5) is 21.8 Å². The van der Waals surface area contributed by atoms with Gasteiger partial charge in [-0.3, -0.25) is 4.79 Å². The lowest BCUT2D eigenvalue weighted by atomic mass is 9.91. The molecule has 30 heavy (non-hydrogen) atoms. The molecule has 0 aliphatic heterocycles. The maximum Gasteiger partial charge on any atom is 0.224 e. The minimum absolute atomic E-state index is 0.0347. The Morgan fingerprint density at radius 3 is 2.73 bits per heavy atom. The van der Waals surface area contributed by atoms with Crippen molar-refractivity contribution in [2.45, 2.75) is 44.7 Å². The fourth-order valence-corrected chi connectivity index (χ4v) is 3.53. The first-order valence-electron chi connectivity index (χ1n) is 9.84. The van der Waals surface area contributed by atoms with Crippen molar-refractivity contribution in [2.75, 3.05) is 10.6 Å². The number of ketones is 1.